The SMILES string of the molecule is Cc1ccc(S(=O)(=O)NC(C)C2CC2)c(C)c1. The van der Waals surface area contributed by atoms with E-state index in [1.807, 2.05) is 32.9 Å². The molecule has 0 spiro atoms. The van der Waals surface area contributed by atoms with Crippen LogP contribution in [0.25, 0.3) is 0 Å². The third-order valence-corrected chi connectivity index (χ3v) is 5.01. The molecule has 3 nitrogen and oxygen atoms in total. The van der Waals surface area contributed by atoms with E-state index in [1.54, 1.807) is 6.07 Å². The van der Waals surface area contributed by atoms with Gasteiger partial charge in [0.15, 0.2) is 0 Å². The summed E-state index contributed by atoms with van der Waals surface area (Å²) < 4.78 is 27.2. The lowest BCUT2D eigenvalue weighted by atomic mass is 10.2. The third-order valence-electron chi connectivity index (χ3n) is 3.29. The van der Waals surface area contributed by atoms with Gasteiger partial charge in [-0.2, -0.15) is 0 Å². The summed E-state index contributed by atoms with van der Waals surface area (Å²) in [5.74, 6) is 0.524. The molecule has 2 rings (SSSR count). The molecule has 0 bridgehead atoms. The van der Waals surface area contributed by atoms with Crippen molar-refractivity contribution in [2.75, 3.05) is 0 Å². The van der Waals surface area contributed by atoms with Crippen LogP contribution in [0.3, 0.4) is 0 Å². The number of sulfonamides is 1. The second-order valence-corrected chi connectivity index (χ2v) is 6.70. The summed E-state index contributed by atoms with van der Waals surface area (Å²) in [4.78, 5) is 0.399. The molecular weight excluding hydrogens is 234 g/mol. The van der Waals surface area contributed by atoms with Gasteiger partial charge in [-0.05, 0) is 51.2 Å². The standard InChI is InChI=1S/C13H19NO2S/c1-9-4-7-13(10(2)8-9)17(15,16)14-11(3)12-5-6-12/h4,7-8,11-12,14H,5-6H2,1-3H3. The van der Waals surface area contributed by atoms with Gasteiger partial charge in [0, 0.05) is 6.04 Å². The largest absolute Gasteiger partial charge is 0.241 e. The van der Waals surface area contributed by atoms with Crippen molar-refractivity contribution in [3.63, 3.8) is 0 Å². The first kappa shape index (κ1) is 12.6. The van der Waals surface area contributed by atoms with Crippen LogP contribution in [0, 0.1) is 19.8 Å². The molecule has 0 heterocycles. The first-order valence-electron chi connectivity index (χ1n) is 6.00. The Morgan fingerprint density at radius 3 is 2.47 bits per heavy atom. The molecule has 4 heteroatoms. The van der Waals surface area contributed by atoms with Gasteiger partial charge in [-0.15, -0.1) is 0 Å². The van der Waals surface area contributed by atoms with Gasteiger partial charge in [-0.3, -0.25) is 0 Å². The third kappa shape index (κ3) is 2.87. The number of hydrogen-bond donors (Lipinski definition) is 1. The summed E-state index contributed by atoms with van der Waals surface area (Å²) in [6.07, 6.45) is 2.27. The lowest BCUT2D eigenvalue weighted by Gasteiger charge is -2.15. The van der Waals surface area contributed by atoms with Crippen molar-refractivity contribution >= 4 is 10.0 Å². The molecule has 1 saturated carbocycles. The van der Waals surface area contributed by atoms with E-state index in [2.05, 4.69) is 4.72 Å². The molecule has 0 radical (unpaired) electrons. The zero-order chi connectivity index (χ0) is 12.6. The van der Waals surface area contributed by atoms with Gasteiger partial charge in [-0.25, -0.2) is 13.1 Å². The van der Waals surface area contributed by atoms with Crippen molar-refractivity contribution in [3.8, 4) is 0 Å². The molecule has 1 fully saturated rings. The smallest absolute Gasteiger partial charge is 0.208 e. The Labute approximate surface area is 103 Å². The molecule has 1 atom stereocenters. The van der Waals surface area contributed by atoms with Crippen LogP contribution in [0.15, 0.2) is 23.1 Å². The normalized spacial score (nSPS) is 18.1. The summed E-state index contributed by atoms with van der Waals surface area (Å²) >= 11 is 0. The first-order chi connectivity index (χ1) is 7.90. The van der Waals surface area contributed by atoms with Crippen LogP contribution in [0.1, 0.15) is 30.9 Å². The van der Waals surface area contributed by atoms with Gasteiger partial charge in [0.25, 0.3) is 0 Å². The second-order valence-electron chi connectivity index (χ2n) is 5.02. The maximum absolute atomic E-state index is 12.2. The molecule has 17 heavy (non-hydrogen) atoms. The predicted molar refractivity (Wildman–Crippen MR) is 68.4 cm³/mol. The van der Waals surface area contributed by atoms with Crippen LogP contribution >= 0.6 is 0 Å². The van der Waals surface area contributed by atoms with Crippen LogP contribution in [-0.2, 0) is 10.0 Å². The van der Waals surface area contributed by atoms with Gasteiger partial charge < -0.3 is 0 Å². The van der Waals surface area contributed by atoms with E-state index >= 15 is 0 Å². The molecule has 0 aromatic heterocycles. The predicted octanol–water partition coefficient (Wildman–Crippen LogP) is 2.38. The molecular formula is C13H19NO2S. The topological polar surface area (TPSA) is 46.2 Å². The van der Waals surface area contributed by atoms with Crippen molar-refractivity contribution in [1.29, 1.82) is 0 Å². The van der Waals surface area contributed by atoms with Crippen LogP contribution < -0.4 is 4.72 Å². The number of hydrogen-bond acceptors (Lipinski definition) is 2. The molecule has 1 unspecified atom stereocenters. The van der Waals surface area contributed by atoms with Gasteiger partial charge in [-0.1, -0.05) is 17.7 Å². The summed E-state index contributed by atoms with van der Waals surface area (Å²) in [6.45, 7) is 5.74. The number of nitrogens with one attached hydrogen (secondary N) is 1. The number of aryl methyl sites for hydroxylation is 2. The lowest BCUT2D eigenvalue weighted by molar-refractivity contribution is 0.537. The highest BCUT2D eigenvalue weighted by Crippen LogP contribution is 2.33. The molecule has 0 saturated heterocycles. The van der Waals surface area contributed by atoms with Crippen molar-refractivity contribution < 1.29 is 8.42 Å². The number of rotatable bonds is 4. The van der Waals surface area contributed by atoms with E-state index in [1.165, 1.54) is 0 Å². The zero-order valence-corrected chi connectivity index (χ0v) is 11.3. The second kappa shape index (κ2) is 4.42. The van der Waals surface area contributed by atoms with Gasteiger partial charge >= 0.3 is 0 Å². The van der Waals surface area contributed by atoms with Crippen LogP contribution in [-0.4, -0.2) is 14.5 Å². The van der Waals surface area contributed by atoms with E-state index < -0.39 is 10.0 Å². The summed E-state index contributed by atoms with van der Waals surface area (Å²) in [6, 6.07) is 5.47. The molecule has 1 aromatic carbocycles. The van der Waals surface area contributed by atoms with Gasteiger partial charge in [0.05, 0.1) is 4.90 Å². The fourth-order valence-electron chi connectivity index (χ4n) is 2.10. The summed E-state index contributed by atoms with van der Waals surface area (Å²) in [7, 11) is -3.36. The fraction of sp³-hybridized carbons (Fsp3) is 0.538. The van der Waals surface area contributed by atoms with Crippen LogP contribution in [0.2, 0.25) is 0 Å². The van der Waals surface area contributed by atoms with Gasteiger partial charge in [0.2, 0.25) is 10.0 Å². The quantitative estimate of drug-likeness (QED) is 0.895. The van der Waals surface area contributed by atoms with Crippen molar-refractivity contribution in [2.45, 2.75) is 44.6 Å². The molecule has 94 valence electrons. The summed E-state index contributed by atoms with van der Waals surface area (Å²) in [5.41, 5.74) is 1.89. The van der Waals surface area contributed by atoms with Crippen molar-refractivity contribution in [2.24, 2.45) is 5.92 Å². The maximum atomic E-state index is 12.2. The van der Waals surface area contributed by atoms with E-state index in [0.717, 1.165) is 24.0 Å². The Morgan fingerprint density at radius 2 is 1.94 bits per heavy atom. The molecule has 1 aliphatic rings. The highest BCUT2D eigenvalue weighted by Gasteiger charge is 2.31. The molecule has 1 aliphatic carbocycles. The average molecular weight is 253 g/mol. The average Bonchev–Trinajstić information content (AvgIpc) is 2.98. The monoisotopic (exact) mass is 253 g/mol. The zero-order valence-electron chi connectivity index (χ0n) is 10.5. The van der Waals surface area contributed by atoms with E-state index in [0.29, 0.717) is 10.8 Å². The Kier molecular flexibility index (Phi) is 3.27. The first-order valence-corrected chi connectivity index (χ1v) is 7.48. The van der Waals surface area contributed by atoms with Crippen LogP contribution in [0.5, 0.6) is 0 Å². The van der Waals surface area contributed by atoms with E-state index in [9.17, 15) is 8.42 Å². The fourth-order valence-corrected chi connectivity index (χ4v) is 3.64. The van der Waals surface area contributed by atoms with Crippen molar-refractivity contribution in [1.82, 2.24) is 4.72 Å². The molecule has 1 aromatic rings. The Hall–Kier alpha value is -0.870. The molecule has 0 aliphatic heterocycles. The summed E-state index contributed by atoms with van der Waals surface area (Å²) in [5, 5.41) is 0. The molecule has 0 amide bonds. The Bertz CT molecular complexity index is 518. The van der Waals surface area contributed by atoms with Gasteiger partial charge in [0.1, 0.15) is 0 Å². The van der Waals surface area contributed by atoms with E-state index in [-0.39, 0.29) is 6.04 Å². The highest BCUT2D eigenvalue weighted by molar-refractivity contribution is 7.89. The lowest BCUT2D eigenvalue weighted by Crippen LogP contribution is -2.34. The van der Waals surface area contributed by atoms with E-state index in [4.69, 9.17) is 0 Å². The minimum absolute atomic E-state index is 0.0423. The minimum atomic E-state index is -3.36. The Morgan fingerprint density at radius 1 is 1.29 bits per heavy atom. The Balaban J connectivity index is 2.24. The molecule has 1 N–H and O–H groups in total. The van der Waals surface area contributed by atoms with Crippen LogP contribution in [0.4, 0.5) is 0 Å². The van der Waals surface area contributed by atoms with Crippen molar-refractivity contribution in [3.05, 3.63) is 29.3 Å². The minimum Gasteiger partial charge on any atom is -0.208 e. The highest BCUT2D eigenvalue weighted by atomic mass is 32.2. The number of benzene rings is 1. The maximum Gasteiger partial charge on any atom is 0.241 e.